The van der Waals surface area contributed by atoms with Gasteiger partial charge in [0.05, 0.1) is 5.52 Å². The van der Waals surface area contributed by atoms with Gasteiger partial charge in [-0.05, 0) is 24.3 Å². The van der Waals surface area contributed by atoms with Crippen LogP contribution < -0.4 is 5.32 Å². The van der Waals surface area contributed by atoms with E-state index < -0.39 is 5.97 Å². The molecule has 1 N–H and O–H groups in total. The normalized spacial score (nSPS) is 13.7. The molecule has 0 aliphatic carbocycles. The molecule has 1 saturated heterocycles. The van der Waals surface area contributed by atoms with E-state index in [0.717, 1.165) is 11.1 Å². The quantitative estimate of drug-likeness (QED) is 0.658. The molecule has 1 aliphatic rings. The molecule has 1 aliphatic heterocycles. The fourth-order valence-corrected chi connectivity index (χ4v) is 3.36. The third-order valence-corrected chi connectivity index (χ3v) is 5.08. The summed E-state index contributed by atoms with van der Waals surface area (Å²) in [4.78, 5) is 44.6. The molecule has 2 aromatic carbocycles. The third kappa shape index (κ3) is 4.98. The molecule has 4 rings (SSSR count). The van der Waals surface area contributed by atoms with Crippen molar-refractivity contribution < 1.29 is 19.1 Å². The monoisotopic (exact) mass is 418 g/mol. The number of rotatable bonds is 4. The van der Waals surface area contributed by atoms with E-state index >= 15 is 0 Å². The second-order valence-corrected chi connectivity index (χ2v) is 7.13. The average Bonchev–Trinajstić information content (AvgIpc) is 2.82. The Morgan fingerprint density at radius 3 is 2.29 bits per heavy atom. The van der Waals surface area contributed by atoms with Crippen LogP contribution in [0.3, 0.4) is 0 Å². The van der Waals surface area contributed by atoms with Gasteiger partial charge in [0.1, 0.15) is 5.69 Å². The maximum atomic E-state index is 12.4. The molecular formula is C23H22N4O4. The number of anilines is 1. The number of piperazine rings is 1. The molecule has 1 fully saturated rings. The van der Waals surface area contributed by atoms with Gasteiger partial charge in [0.15, 0.2) is 6.61 Å². The number of para-hydroxylation sites is 2. The number of ether oxygens (including phenoxy) is 1. The predicted octanol–water partition coefficient (Wildman–Crippen LogP) is 2.77. The molecule has 0 saturated carbocycles. The topological polar surface area (TPSA) is 91.8 Å². The molecule has 0 unspecified atom stereocenters. The van der Waals surface area contributed by atoms with Crippen LogP contribution in [-0.2, 0) is 9.53 Å². The lowest BCUT2D eigenvalue weighted by Gasteiger charge is -2.34. The minimum Gasteiger partial charge on any atom is -0.451 e. The van der Waals surface area contributed by atoms with Gasteiger partial charge in [0.2, 0.25) is 0 Å². The van der Waals surface area contributed by atoms with Gasteiger partial charge >= 0.3 is 12.0 Å². The number of amides is 3. The maximum absolute atomic E-state index is 12.4. The van der Waals surface area contributed by atoms with Crippen LogP contribution in [-0.4, -0.2) is 65.5 Å². The minimum absolute atomic E-state index is 0.161. The Hall–Kier alpha value is -3.94. The summed E-state index contributed by atoms with van der Waals surface area (Å²) in [6.45, 7) is 1.22. The van der Waals surface area contributed by atoms with Crippen LogP contribution in [0.25, 0.3) is 10.9 Å². The smallest absolute Gasteiger partial charge is 0.357 e. The molecule has 158 valence electrons. The molecule has 31 heavy (non-hydrogen) atoms. The summed E-state index contributed by atoms with van der Waals surface area (Å²) in [5.74, 6) is -0.933. The average molecular weight is 418 g/mol. The van der Waals surface area contributed by atoms with Gasteiger partial charge in [0.25, 0.3) is 5.91 Å². The van der Waals surface area contributed by atoms with Crippen LogP contribution in [0.15, 0.2) is 66.7 Å². The summed E-state index contributed by atoms with van der Waals surface area (Å²) in [6.07, 6.45) is 0. The van der Waals surface area contributed by atoms with Crippen LogP contribution >= 0.6 is 0 Å². The van der Waals surface area contributed by atoms with E-state index in [1.807, 2.05) is 54.6 Å². The van der Waals surface area contributed by atoms with Gasteiger partial charge in [-0.15, -0.1) is 0 Å². The summed E-state index contributed by atoms with van der Waals surface area (Å²) in [7, 11) is 0. The van der Waals surface area contributed by atoms with Crippen molar-refractivity contribution in [1.29, 1.82) is 0 Å². The minimum atomic E-state index is -0.639. The number of fused-ring (bicyclic) bond motifs is 1. The van der Waals surface area contributed by atoms with Crippen LogP contribution in [0.4, 0.5) is 10.5 Å². The first-order valence-corrected chi connectivity index (χ1v) is 10.0. The van der Waals surface area contributed by atoms with Crippen molar-refractivity contribution in [1.82, 2.24) is 14.8 Å². The van der Waals surface area contributed by atoms with Crippen molar-refractivity contribution in [3.8, 4) is 0 Å². The number of hydrogen-bond donors (Lipinski definition) is 1. The Morgan fingerprint density at radius 1 is 0.839 bits per heavy atom. The number of aromatic nitrogens is 1. The van der Waals surface area contributed by atoms with E-state index in [0.29, 0.717) is 31.7 Å². The molecule has 8 heteroatoms. The predicted molar refractivity (Wildman–Crippen MR) is 116 cm³/mol. The van der Waals surface area contributed by atoms with E-state index in [1.165, 1.54) is 0 Å². The Bertz CT molecular complexity index is 1090. The summed E-state index contributed by atoms with van der Waals surface area (Å²) >= 11 is 0. The zero-order valence-corrected chi connectivity index (χ0v) is 16.9. The largest absolute Gasteiger partial charge is 0.451 e. The first-order valence-electron chi connectivity index (χ1n) is 10.0. The maximum Gasteiger partial charge on any atom is 0.357 e. The van der Waals surface area contributed by atoms with Gasteiger partial charge in [-0.25, -0.2) is 14.6 Å². The number of pyridine rings is 1. The molecule has 8 nitrogen and oxygen atoms in total. The Labute approximate surface area is 179 Å². The number of benzene rings is 2. The highest BCUT2D eigenvalue weighted by atomic mass is 16.5. The van der Waals surface area contributed by atoms with Crippen LogP contribution in [0, 0.1) is 0 Å². The lowest BCUT2D eigenvalue weighted by molar-refractivity contribution is -0.135. The molecule has 1 aromatic heterocycles. The molecule has 0 atom stereocenters. The summed E-state index contributed by atoms with van der Waals surface area (Å²) in [5, 5.41) is 3.75. The van der Waals surface area contributed by atoms with Crippen molar-refractivity contribution in [2.75, 3.05) is 38.1 Å². The zero-order valence-electron chi connectivity index (χ0n) is 16.9. The Balaban J connectivity index is 1.25. The van der Waals surface area contributed by atoms with Gasteiger partial charge in [-0.2, -0.15) is 0 Å². The van der Waals surface area contributed by atoms with Gasteiger partial charge in [-0.1, -0.05) is 42.5 Å². The van der Waals surface area contributed by atoms with E-state index in [-0.39, 0.29) is 24.2 Å². The highest BCUT2D eigenvalue weighted by Gasteiger charge is 2.25. The fraction of sp³-hybridized carbons (Fsp3) is 0.217. The first kappa shape index (κ1) is 20.3. The number of carbonyl (C=O) groups is 3. The number of urea groups is 1. The second kappa shape index (κ2) is 9.25. The van der Waals surface area contributed by atoms with Crippen LogP contribution in [0.2, 0.25) is 0 Å². The van der Waals surface area contributed by atoms with Gasteiger partial charge in [0, 0.05) is 37.3 Å². The van der Waals surface area contributed by atoms with Crippen molar-refractivity contribution in [3.63, 3.8) is 0 Å². The fourth-order valence-electron chi connectivity index (χ4n) is 3.36. The van der Waals surface area contributed by atoms with Crippen LogP contribution in [0.1, 0.15) is 10.5 Å². The summed E-state index contributed by atoms with van der Waals surface area (Å²) < 4.78 is 5.16. The molecule has 3 aromatic rings. The molecule has 0 radical (unpaired) electrons. The third-order valence-electron chi connectivity index (χ3n) is 5.08. The first-order chi connectivity index (χ1) is 15.1. The van der Waals surface area contributed by atoms with Crippen molar-refractivity contribution >= 4 is 34.5 Å². The highest BCUT2D eigenvalue weighted by molar-refractivity contribution is 5.92. The highest BCUT2D eigenvalue weighted by Crippen LogP contribution is 2.13. The van der Waals surface area contributed by atoms with Crippen molar-refractivity contribution in [2.45, 2.75) is 0 Å². The Morgan fingerprint density at radius 2 is 1.52 bits per heavy atom. The molecule has 3 amide bonds. The molecule has 0 spiro atoms. The van der Waals surface area contributed by atoms with Crippen molar-refractivity contribution in [2.24, 2.45) is 0 Å². The zero-order chi connectivity index (χ0) is 21.6. The Kier molecular flexibility index (Phi) is 6.07. The van der Waals surface area contributed by atoms with Gasteiger partial charge < -0.3 is 19.9 Å². The summed E-state index contributed by atoms with van der Waals surface area (Å²) in [6, 6.07) is 19.8. The number of nitrogens with one attached hydrogen (secondary N) is 1. The summed E-state index contributed by atoms with van der Waals surface area (Å²) in [5.41, 5.74) is 1.57. The standard InChI is InChI=1S/C23H22N4O4/c28-21(16-31-22(29)20-11-10-17-6-4-5-9-19(17)25-20)26-12-14-27(15-13-26)23(30)24-18-7-2-1-3-8-18/h1-11H,12-16H2,(H,24,30). The second-order valence-electron chi connectivity index (χ2n) is 7.13. The van der Waals surface area contributed by atoms with Gasteiger partial charge in [-0.3, -0.25) is 4.79 Å². The molecule has 0 bridgehead atoms. The number of esters is 1. The number of nitrogens with zero attached hydrogens (tertiary/aromatic N) is 3. The number of carbonyl (C=O) groups excluding carboxylic acids is 3. The van der Waals surface area contributed by atoms with E-state index in [9.17, 15) is 14.4 Å². The number of hydrogen-bond acceptors (Lipinski definition) is 5. The lowest BCUT2D eigenvalue weighted by Crippen LogP contribution is -2.52. The van der Waals surface area contributed by atoms with E-state index in [4.69, 9.17) is 4.74 Å². The lowest BCUT2D eigenvalue weighted by atomic mass is 10.2. The molecule has 2 heterocycles. The van der Waals surface area contributed by atoms with E-state index in [1.54, 1.807) is 21.9 Å². The van der Waals surface area contributed by atoms with Crippen LogP contribution in [0.5, 0.6) is 0 Å². The molecular weight excluding hydrogens is 396 g/mol. The van der Waals surface area contributed by atoms with Crippen molar-refractivity contribution in [3.05, 3.63) is 72.4 Å². The van der Waals surface area contributed by atoms with E-state index in [2.05, 4.69) is 10.3 Å². The SMILES string of the molecule is O=C(OCC(=O)N1CCN(C(=O)Nc2ccccc2)CC1)c1ccc2ccccc2n1.